The molecule has 0 aromatic heterocycles. The summed E-state index contributed by atoms with van der Waals surface area (Å²) in [6.07, 6.45) is 7.92. The normalized spacial score (nSPS) is 22.8. The molecule has 0 radical (unpaired) electrons. The molecule has 0 bridgehead atoms. The second kappa shape index (κ2) is 7.63. The van der Waals surface area contributed by atoms with E-state index in [-0.39, 0.29) is 10.6 Å². The van der Waals surface area contributed by atoms with Gasteiger partial charge in [0.2, 0.25) is 10.0 Å². The zero-order chi connectivity index (χ0) is 17.9. The van der Waals surface area contributed by atoms with E-state index >= 15 is 0 Å². The first-order chi connectivity index (χ1) is 12.0. The number of allylic oxidation sites excluding steroid dienone is 2. The van der Waals surface area contributed by atoms with Crippen molar-refractivity contribution in [1.29, 1.82) is 0 Å². The van der Waals surface area contributed by atoms with Gasteiger partial charge in [-0.05, 0) is 37.3 Å². The fraction of sp³-hybridized carbons (Fsp3) is 0.529. The van der Waals surface area contributed by atoms with Crippen LogP contribution in [0.1, 0.15) is 19.3 Å². The maximum Gasteiger partial charge on any atom is 0.269 e. The van der Waals surface area contributed by atoms with Gasteiger partial charge in [0.15, 0.2) is 0 Å². The first-order valence-electron chi connectivity index (χ1n) is 8.59. The van der Waals surface area contributed by atoms with Gasteiger partial charge in [0, 0.05) is 44.9 Å². The highest BCUT2D eigenvalue weighted by Gasteiger charge is 2.29. The molecule has 0 saturated carbocycles. The maximum absolute atomic E-state index is 12.7. The number of benzene rings is 1. The van der Waals surface area contributed by atoms with E-state index in [9.17, 15) is 18.5 Å². The van der Waals surface area contributed by atoms with Gasteiger partial charge in [-0.1, -0.05) is 12.2 Å². The molecule has 25 heavy (non-hydrogen) atoms. The molecular weight excluding hydrogens is 342 g/mol. The lowest BCUT2D eigenvalue weighted by atomic mass is 9.94. The second-order valence-electron chi connectivity index (χ2n) is 6.61. The standard InChI is InChI=1S/C17H23N3O4S/c21-20(22)16-6-8-17(9-7-16)25(23,24)19-12-10-18(11-13-19)14-15-4-2-1-3-5-15/h1-2,6-9,15H,3-5,10-14H2. The number of hydrogen-bond acceptors (Lipinski definition) is 5. The van der Waals surface area contributed by atoms with Crippen LogP contribution in [-0.2, 0) is 10.0 Å². The zero-order valence-corrected chi connectivity index (χ0v) is 14.9. The number of non-ortho nitro benzene ring substituents is 1. The van der Waals surface area contributed by atoms with Gasteiger partial charge in [-0.2, -0.15) is 4.31 Å². The minimum absolute atomic E-state index is 0.106. The Morgan fingerprint density at radius 2 is 1.76 bits per heavy atom. The molecule has 7 nitrogen and oxygen atoms in total. The molecule has 1 atom stereocenters. The summed E-state index contributed by atoms with van der Waals surface area (Å²) in [5.74, 6) is 0.669. The molecule has 2 aliphatic rings. The van der Waals surface area contributed by atoms with Crippen molar-refractivity contribution in [2.24, 2.45) is 5.92 Å². The Balaban J connectivity index is 1.59. The van der Waals surface area contributed by atoms with Crippen molar-refractivity contribution in [2.75, 3.05) is 32.7 Å². The molecule has 1 aliphatic carbocycles. The van der Waals surface area contributed by atoms with E-state index in [4.69, 9.17) is 0 Å². The van der Waals surface area contributed by atoms with Crippen LogP contribution < -0.4 is 0 Å². The smallest absolute Gasteiger partial charge is 0.269 e. The lowest BCUT2D eigenvalue weighted by molar-refractivity contribution is -0.384. The van der Waals surface area contributed by atoms with Crippen molar-refractivity contribution >= 4 is 15.7 Å². The summed E-state index contributed by atoms with van der Waals surface area (Å²) in [5, 5.41) is 10.7. The summed E-state index contributed by atoms with van der Waals surface area (Å²) in [6, 6.07) is 5.10. The van der Waals surface area contributed by atoms with Gasteiger partial charge in [-0.3, -0.25) is 10.1 Å². The van der Waals surface area contributed by atoms with Crippen LogP contribution in [0.2, 0.25) is 0 Å². The van der Waals surface area contributed by atoms with Crippen LogP contribution in [-0.4, -0.2) is 55.3 Å². The van der Waals surface area contributed by atoms with E-state index in [2.05, 4.69) is 17.1 Å². The predicted octanol–water partition coefficient (Wildman–Crippen LogP) is 2.26. The van der Waals surface area contributed by atoms with Crippen molar-refractivity contribution in [2.45, 2.75) is 24.2 Å². The Bertz CT molecular complexity index is 738. The molecule has 0 spiro atoms. The van der Waals surface area contributed by atoms with Crippen molar-refractivity contribution in [1.82, 2.24) is 9.21 Å². The SMILES string of the molecule is O=[N+]([O-])c1ccc(S(=O)(=O)N2CCN(CC3CC=CCC3)CC2)cc1. The summed E-state index contributed by atoms with van der Waals surface area (Å²) in [7, 11) is -3.59. The Hall–Kier alpha value is -1.77. The third-order valence-electron chi connectivity index (χ3n) is 4.91. The lowest BCUT2D eigenvalue weighted by Crippen LogP contribution is -2.49. The predicted molar refractivity (Wildman–Crippen MR) is 94.8 cm³/mol. The Morgan fingerprint density at radius 1 is 1.08 bits per heavy atom. The summed E-state index contributed by atoms with van der Waals surface area (Å²) in [6.45, 7) is 3.40. The highest BCUT2D eigenvalue weighted by Crippen LogP contribution is 2.23. The lowest BCUT2D eigenvalue weighted by Gasteiger charge is -2.36. The van der Waals surface area contributed by atoms with E-state index in [0.29, 0.717) is 19.0 Å². The van der Waals surface area contributed by atoms with E-state index in [1.54, 1.807) is 0 Å². The Labute approximate surface area is 148 Å². The molecule has 3 rings (SSSR count). The second-order valence-corrected chi connectivity index (χ2v) is 8.54. The molecule has 1 heterocycles. The highest BCUT2D eigenvalue weighted by atomic mass is 32.2. The van der Waals surface area contributed by atoms with Crippen LogP contribution in [0.3, 0.4) is 0 Å². The van der Waals surface area contributed by atoms with Crippen LogP contribution in [0.15, 0.2) is 41.3 Å². The molecular formula is C17H23N3O4S. The Morgan fingerprint density at radius 3 is 2.32 bits per heavy atom. The number of nitro benzene ring substituents is 1. The number of nitro groups is 1. The number of hydrogen-bond donors (Lipinski definition) is 0. The minimum atomic E-state index is -3.59. The van der Waals surface area contributed by atoms with Gasteiger partial charge in [-0.25, -0.2) is 8.42 Å². The van der Waals surface area contributed by atoms with Crippen LogP contribution in [0.25, 0.3) is 0 Å². The monoisotopic (exact) mass is 365 g/mol. The summed E-state index contributed by atoms with van der Waals surface area (Å²) >= 11 is 0. The van der Waals surface area contributed by atoms with E-state index in [1.165, 1.54) is 35.0 Å². The van der Waals surface area contributed by atoms with Gasteiger partial charge < -0.3 is 4.90 Å². The average Bonchev–Trinajstić information content (AvgIpc) is 2.63. The molecule has 0 amide bonds. The van der Waals surface area contributed by atoms with Gasteiger partial charge >= 0.3 is 0 Å². The quantitative estimate of drug-likeness (QED) is 0.454. The molecule has 1 aliphatic heterocycles. The van der Waals surface area contributed by atoms with Crippen LogP contribution >= 0.6 is 0 Å². The van der Waals surface area contributed by atoms with Crippen molar-refractivity contribution in [3.05, 3.63) is 46.5 Å². The molecule has 1 aromatic rings. The van der Waals surface area contributed by atoms with Crippen LogP contribution in [0, 0.1) is 16.0 Å². The maximum atomic E-state index is 12.7. The van der Waals surface area contributed by atoms with Gasteiger partial charge in [0.05, 0.1) is 9.82 Å². The average molecular weight is 365 g/mol. The molecule has 1 aromatic carbocycles. The molecule has 1 fully saturated rings. The fourth-order valence-electron chi connectivity index (χ4n) is 3.43. The first-order valence-corrected chi connectivity index (χ1v) is 10.0. The van der Waals surface area contributed by atoms with Crippen molar-refractivity contribution in [3.63, 3.8) is 0 Å². The van der Waals surface area contributed by atoms with Crippen molar-refractivity contribution in [3.8, 4) is 0 Å². The first kappa shape index (κ1) is 18.0. The Kier molecular flexibility index (Phi) is 5.51. The molecule has 1 saturated heterocycles. The number of rotatable bonds is 5. The van der Waals surface area contributed by atoms with Gasteiger partial charge in [-0.15, -0.1) is 0 Å². The van der Waals surface area contributed by atoms with Crippen molar-refractivity contribution < 1.29 is 13.3 Å². The van der Waals surface area contributed by atoms with E-state index < -0.39 is 14.9 Å². The largest absolute Gasteiger partial charge is 0.300 e. The summed E-state index contributed by atoms with van der Waals surface area (Å²) < 4.78 is 26.9. The third-order valence-corrected chi connectivity index (χ3v) is 6.82. The van der Waals surface area contributed by atoms with Gasteiger partial charge in [0.25, 0.3) is 5.69 Å². The number of piperazine rings is 1. The topological polar surface area (TPSA) is 83.8 Å². The van der Waals surface area contributed by atoms with E-state index in [1.807, 2.05) is 0 Å². The molecule has 8 heteroatoms. The van der Waals surface area contributed by atoms with Crippen LogP contribution in [0.5, 0.6) is 0 Å². The molecule has 136 valence electrons. The summed E-state index contributed by atoms with van der Waals surface area (Å²) in [4.78, 5) is 12.6. The van der Waals surface area contributed by atoms with E-state index in [0.717, 1.165) is 32.5 Å². The third kappa shape index (κ3) is 4.26. The van der Waals surface area contributed by atoms with Crippen LogP contribution in [0.4, 0.5) is 5.69 Å². The minimum Gasteiger partial charge on any atom is -0.300 e. The number of nitrogens with zero attached hydrogens (tertiary/aromatic N) is 3. The van der Waals surface area contributed by atoms with Gasteiger partial charge in [0.1, 0.15) is 0 Å². The fourth-order valence-corrected chi connectivity index (χ4v) is 4.85. The highest BCUT2D eigenvalue weighted by molar-refractivity contribution is 7.89. The molecule has 1 unspecified atom stereocenters. The molecule has 0 N–H and O–H groups in total. The zero-order valence-electron chi connectivity index (χ0n) is 14.1. The summed E-state index contributed by atoms with van der Waals surface area (Å²) in [5.41, 5.74) is -0.106. The number of sulfonamides is 1.